The van der Waals surface area contributed by atoms with Gasteiger partial charge in [0.15, 0.2) is 0 Å². The summed E-state index contributed by atoms with van der Waals surface area (Å²) in [6, 6.07) is 1.63. The Labute approximate surface area is 99.5 Å². The van der Waals surface area contributed by atoms with E-state index in [1.807, 2.05) is 6.92 Å². The van der Waals surface area contributed by atoms with Gasteiger partial charge in [0.05, 0.1) is 7.11 Å². The normalized spacial score (nSPS) is 17.2. The summed E-state index contributed by atoms with van der Waals surface area (Å²) in [4.78, 5) is 11.4. The Balaban J connectivity index is 2.44. The van der Waals surface area contributed by atoms with Gasteiger partial charge in [-0.05, 0) is 37.1 Å². The molecule has 1 atom stereocenters. The largest absolute Gasteiger partial charge is 0.508 e. The zero-order valence-corrected chi connectivity index (χ0v) is 9.98. The van der Waals surface area contributed by atoms with E-state index in [1.165, 1.54) is 7.11 Å². The van der Waals surface area contributed by atoms with Crippen LogP contribution in [0.4, 0.5) is 0 Å². The molecule has 0 aromatic heterocycles. The molecule has 90 valence electrons. The minimum atomic E-state index is -0.713. The molecule has 0 saturated heterocycles. The van der Waals surface area contributed by atoms with E-state index in [2.05, 4.69) is 4.74 Å². The molecule has 1 heterocycles. The Kier molecular flexibility index (Phi) is 2.79. The third kappa shape index (κ3) is 1.86. The predicted octanol–water partition coefficient (Wildman–Crippen LogP) is 1.96. The van der Waals surface area contributed by atoms with E-state index in [0.29, 0.717) is 5.75 Å². The summed E-state index contributed by atoms with van der Waals surface area (Å²) in [5.41, 5.74) is 2.35. The topological polar surface area (TPSA) is 55.8 Å². The quantitative estimate of drug-likeness (QED) is 0.755. The highest BCUT2D eigenvalue weighted by molar-refractivity contribution is 5.81. The fourth-order valence-corrected chi connectivity index (χ4v) is 1.78. The molecule has 1 aliphatic rings. The summed E-state index contributed by atoms with van der Waals surface area (Å²) >= 11 is 0. The second-order valence-corrected chi connectivity index (χ2v) is 3.98. The summed E-state index contributed by atoms with van der Waals surface area (Å²) in [5, 5.41) is 9.70. The van der Waals surface area contributed by atoms with Crippen LogP contribution in [0.15, 0.2) is 12.1 Å². The molecule has 4 heteroatoms. The third-order valence-corrected chi connectivity index (χ3v) is 2.97. The first-order valence-corrected chi connectivity index (χ1v) is 5.30. The number of hydrogen-bond acceptors (Lipinski definition) is 4. The van der Waals surface area contributed by atoms with Crippen molar-refractivity contribution in [1.82, 2.24) is 0 Å². The maximum atomic E-state index is 11.4. The minimum Gasteiger partial charge on any atom is -0.508 e. The van der Waals surface area contributed by atoms with E-state index in [1.54, 1.807) is 25.1 Å². The van der Waals surface area contributed by atoms with Crippen LogP contribution in [0.1, 0.15) is 16.7 Å². The maximum Gasteiger partial charge on any atom is 0.351 e. The average molecular weight is 234 g/mol. The first-order valence-electron chi connectivity index (χ1n) is 5.30. The van der Waals surface area contributed by atoms with Gasteiger partial charge >= 0.3 is 5.97 Å². The number of benzene rings is 1. The van der Waals surface area contributed by atoms with Gasteiger partial charge in [-0.25, -0.2) is 4.79 Å². The molecule has 2 rings (SSSR count). The lowest BCUT2D eigenvalue weighted by atomic mass is 10.0. The Bertz CT molecular complexity index is 503. The number of hydrogen-bond donors (Lipinski definition) is 1. The molecule has 0 spiro atoms. The predicted molar refractivity (Wildman–Crippen MR) is 63.0 cm³/mol. The Hall–Kier alpha value is -1.97. The van der Waals surface area contributed by atoms with Crippen molar-refractivity contribution in [3.63, 3.8) is 0 Å². The maximum absolute atomic E-state index is 11.4. The van der Waals surface area contributed by atoms with Crippen molar-refractivity contribution in [2.45, 2.75) is 20.0 Å². The Morgan fingerprint density at radius 3 is 2.76 bits per heavy atom. The molecule has 1 aromatic rings. The zero-order chi connectivity index (χ0) is 12.6. The van der Waals surface area contributed by atoms with Crippen LogP contribution in [0.3, 0.4) is 0 Å². The van der Waals surface area contributed by atoms with Crippen molar-refractivity contribution in [2.75, 3.05) is 7.11 Å². The van der Waals surface area contributed by atoms with Gasteiger partial charge < -0.3 is 14.6 Å². The monoisotopic (exact) mass is 234 g/mol. The summed E-state index contributed by atoms with van der Waals surface area (Å²) < 4.78 is 10.2. The summed E-state index contributed by atoms with van der Waals surface area (Å²) in [6.45, 7) is 3.65. The molecule has 0 saturated carbocycles. The Morgan fingerprint density at radius 2 is 2.12 bits per heavy atom. The number of fused-ring (bicyclic) bond motifs is 1. The van der Waals surface area contributed by atoms with Crippen LogP contribution in [-0.4, -0.2) is 24.3 Å². The van der Waals surface area contributed by atoms with Crippen LogP contribution in [0.25, 0.3) is 6.08 Å². The van der Waals surface area contributed by atoms with Gasteiger partial charge in [-0.2, -0.15) is 0 Å². The fourth-order valence-electron chi connectivity index (χ4n) is 1.78. The van der Waals surface area contributed by atoms with Crippen molar-refractivity contribution in [3.8, 4) is 11.5 Å². The lowest BCUT2D eigenvalue weighted by molar-refractivity contribution is -0.146. The number of phenols is 1. The molecular weight excluding hydrogens is 220 g/mol. The molecule has 1 unspecified atom stereocenters. The van der Waals surface area contributed by atoms with Crippen molar-refractivity contribution in [3.05, 3.63) is 28.8 Å². The SMILES string of the molecule is COC(=O)C1C=Cc2cc(O)c(C)c(C)c2O1. The van der Waals surface area contributed by atoms with Crippen LogP contribution in [-0.2, 0) is 9.53 Å². The van der Waals surface area contributed by atoms with Crippen LogP contribution in [0.2, 0.25) is 0 Å². The van der Waals surface area contributed by atoms with Gasteiger partial charge in [-0.1, -0.05) is 6.08 Å². The second kappa shape index (κ2) is 4.13. The number of carbonyl (C=O) groups is 1. The molecule has 0 radical (unpaired) electrons. The van der Waals surface area contributed by atoms with Gasteiger partial charge in [0.25, 0.3) is 0 Å². The van der Waals surface area contributed by atoms with Gasteiger partial charge in [-0.15, -0.1) is 0 Å². The van der Waals surface area contributed by atoms with Crippen molar-refractivity contribution in [1.29, 1.82) is 0 Å². The highest BCUT2D eigenvalue weighted by Gasteiger charge is 2.25. The number of esters is 1. The van der Waals surface area contributed by atoms with Crippen LogP contribution in [0.5, 0.6) is 11.5 Å². The van der Waals surface area contributed by atoms with Crippen molar-refractivity contribution >= 4 is 12.0 Å². The lowest BCUT2D eigenvalue weighted by Gasteiger charge is -2.22. The van der Waals surface area contributed by atoms with E-state index in [4.69, 9.17) is 4.74 Å². The number of rotatable bonds is 1. The highest BCUT2D eigenvalue weighted by atomic mass is 16.6. The summed E-state index contributed by atoms with van der Waals surface area (Å²) in [6.07, 6.45) is 2.66. The lowest BCUT2D eigenvalue weighted by Crippen LogP contribution is -2.28. The first-order chi connectivity index (χ1) is 8.04. The summed E-state index contributed by atoms with van der Waals surface area (Å²) in [5.74, 6) is 0.418. The van der Waals surface area contributed by atoms with Crippen LogP contribution < -0.4 is 4.74 Å². The first kappa shape index (κ1) is 11.5. The number of aromatic hydroxyl groups is 1. The van der Waals surface area contributed by atoms with Crippen LogP contribution in [0, 0.1) is 13.8 Å². The molecule has 1 aliphatic heterocycles. The molecular formula is C13H14O4. The van der Waals surface area contributed by atoms with Crippen LogP contribution >= 0.6 is 0 Å². The molecule has 4 nitrogen and oxygen atoms in total. The summed E-state index contributed by atoms with van der Waals surface area (Å²) in [7, 11) is 1.32. The van der Waals surface area contributed by atoms with Gasteiger partial charge in [0.2, 0.25) is 6.10 Å². The molecule has 0 amide bonds. The average Bonchev–Trinajstić information content (AvgIpc) is 2.35. The molecule has 0 bridgehead atoms. The molecule has 0 aliphatic carbocycles. The molecule has 0 fully saturated rings. The Morgan fingerprint density at radius 1 is 1.41 bits per heavy atom. The fraction of sp³-hybridized carbons (Fsp3) is 0.308. The second-order valence-electron chi connectivity index (χ2n) is 3.98. The number of ether oxygens (including phenoxy) is 2. The molecule has 1 N–H and O–H groups in total. The van der Waals surface area contributed by atoms with Crippen molar-refractivity contribution in [2.24, 2.45) is 0 Å². The van der Waals surface area contributed by atoms with E-state index in [-0.39, 0.29) is 5.75 Å². The van der Waals surface area contributed by atoms with E-state index in [0.717, 1.165) is 16.7 Å². The minimum absolute atomic E-state index is 0.228. The van der Waals surface area contributed by atoms with Gasteiger partial charge in [0.1, 0.15) is 11.5 Å². The smallest absolute Gasteiger partial charge is 0.351 e. The van der Waals surface area contributed by atoms with E-state index in [9.17, 15) is 9.90 Å². The number of carbonyl (C=O) groups excluding carboxylic acids is 1. The number of methoxy groups -OCH3 is 1. The van der Waals surface area contributed by atoms with Gasteiger partial charge in [0, 0.05) is 5.56 Å². The third-order valence-electron chi connectivity index (χ3n) is 2.97. The van der Waals surface area contributed by atoms with E-state index >= 15 is 0 Å². The van der Waals surface area contributed by atoms with E-state index < -0.39 is 12.1 Å². The standard InChI is InChI=1S/C13H14O4/c1-7-8(2)12-9(6-10(7)14)4-5-11(17-12)13(15)16-3/h4-6,11,14H,1-3H3. The zero-order valence-electron chi connectivity index (χ0n) is 9.98. The molecule has 1 aromatic carbocycles. The highest BCUT2D eigenvalue weighted by Crippen LogP contribution is 2.36. The van der Waals surface area contributed by atoms with Crippen molar-refractivity contribution < 1.29 is 19.4 Å². The number of phenolic OH excluding ortho intramolecular Hbond substituents is 1. The molecule has 17 heavy (non-hydrogen) atoms. The van der Waals surface area contributed by atoms with Gasteiger partial charge in [-0.3, -0.25) is 0 Å².